The highest BCUT2D eigenvalue weighted by atomic mass is 19.1. The van der Waals surface area contributed by atoms with Crippen LogP contribution in [0.1, 0.15) is 31.2 Å². The van der Waals surface area contributed by atoms with Gasteiger partial charge in [0.05, 0.1) is 0 Å². The number of hydrogen-bond acceptors (Lipinski definition) is 1. The van der Waals surface area contributed by atoms with Crippen molar-refractivity contribution >= 4 is 5.96 Å². The Labute approximate surface area is 120 Å². The zero-order valence-corrected chi connectivity index (χ0v) is 12.2. The molecule has 0 unspecified atom stereocenters. The highest BCUT2D eigenvalue weighted by Gasteiger charge is 2.19. The van der Waals surface area contributed by atoms with E-state index < -0.39 is 0 Å². The average molecular weight is 277 g/mol. The fourth-order valence-electron chi connectivity index (χ4n) is 2.24. The Hall–Kier alpha value is -1.58. The fourth-order valence-corrected chi connectivity index (χ4v) is 2.24. The number of nitrogens with one attached hydrogen (secondary N) is 2. The molecule has 0 radical (unpaired) electrons. The first-order valence-electron chi connectivity index (χ1n) is 7.47. The zero-order valence-electron chi connectivity index (χ0n) is 12.2. The largest absolute Gasteiger partial charge is 0.356 e. The topological polar surface area (TPSA) is 36.4 Å². The van der Waals surface area contributed by atoms with E-state index in [4.69, 9.17) is 0 Å². The van der Waals surface area contributed by atoms with E-state index in [-0.39, 0.29) is 5.82 Å². The van der Waals surface area contributed by atoms with Crippen LogP contribution in [0, 0.1) is 11.7 Å². The third kappa shape index (κ3) is 5.59. The van der Waals surface area contributed by atoms with Gasteiger partial charge >= 0.3 is 0 Å². The van der Waals surface area contributed by atoms with Crippen LogP contribution in [0.15, 0.2) is 29.3 Å². The molecule has 2 rings (SSSR count). The fraction of sp³-hybridized carbons (Fsp3) is 0.562. The van der Waals surface area contributed by atoms with Crippen LogP contribution >= 0.6 is 0 Å². The summed E-state index contributed by atoms with van der Waals surface area (Å²) in [5.74, 6) is 1.64. The van der Waals surface area contributed by atoms with Crippen LogP contribution in [-0.4, -0.2) is 26.1 Å². The second-order valence-electron chi connectivity index (χ2n) is 5.39. The van der Waals surface area contributed by atoms with Crippen LogP contribution in [0.5, 0.6) is 0 Å². The Bertz CT molecular complexity index is 441. The van der Waals surface area contributed by atoms with Crippen LogP contribution in [0.3, 0.4) is 0 Å². The summed E-state index contributed by atoms with van der Waals surface area (Å²) in [6.07, 6.45) is 6.16. The van der Waals surface area contributed by atoms with Gasteiger partial charge in [-0.25, -0.2) is 4.39 Å². The quantitative estimate of drug-likeness (QED) is 0.457. The van der Waals surface area contributed by atoms with Crippen molar-refractivity contribution in [3.63, 3.8) is 0 Å². The van der Waals surface area contributed by atoms with E-state index >= 15 is 0 Å². The molecular weight excluding hydrogens is 253 g/mol. The molecule has 0 amide bonds. The molecule has 0 bridgehead atoms. The first kappa shape index (κ1) is 14.8. The van der Waals surface area contributed by atoms with Gasteiger partial charge in [-0.1, -0.05) is 25.0 Å². The molecule has 1 fully saturated rings. The number of rotatable bonds is 7. The van der Waals surface area contributed by atoms with Gasteiger partial charge in [0.1, 0.15) is 5.82 Å². The number of halogens is 1. The number of hydrogen-bond donors (Lipinski definition) is 2. The highest BCUT2D eigenvalue weighted by Crippen LogP contribution is 2.33. The predicted octanol–water partition coefficient (Wildman–Crippen LogP) is 2.72. The zero-order chi connectivity index (χ0) is 14.2. The number of aliphatic imine (C=N–C) groups is 1. The summed E-state index contributed by atoms with van der Waals surface area (Å²) in [5, 5.41) is 6.57. The average Bonchev–Trinajstić information content (AvgIpc) is 3.26. The summed E-state index contributed by atoms with van der Waals surface area (Å²) in [6.45, 7) is 1.72. The molecule has 1 aliphatic carbocycles. The third-order valence-corrected chi connectivity index (χ3v) is 3.60. The minimum atomic E-state index is -0.176. The van der Waals surface area contributed by atoms with Crippen LogP contribution in [0.25, 0.3) is 0 Å². The van der Waals surface area contributed by atoms with Crippen molar-refractivity contribution in [2.75, 3.05) is 20.1 Å². The van der Waals surface area contributed by atoms with E-state index in [1.807, 2.05) is 6.07 Å². The molecule has 3 nitrogen and oxygen atoms in total. The summed E-state index contributed by atoms with van der Waals surface area (Å²) in [7, 11) is 1.78. The lowest BCUT2D eigenvalue weighted by molar-refractivity contribution is 0.624. The maximum Gasteiger partial charge on any atom is 0.190 e. The maximum atomic E-state index is 13.0. The molecule has 2 N–H and O–H groups in total. The Morgan fingerprint density at radius 1 is 1.30 bits per heavy atom. The van der Waals surface area contributed by atoms with Crippen LogP contribution in [-0.2, 0) is 6.42 Å². The number of benzene rings is 1. The SMILES string of the molecule is CN=C(NCCCC1CC1)NCCc1cccc(F)c1. The van der Waals surface area contributed by atoms with Gasteiger partial charge in [-0.2, -0.15) is 0 Å². The van der Waals surface area contributed by atoms with E-state index in [1.54, 1.807) is 19.2 Å². The van der Waals surface area contributed by atoms with Crippen molar-refractivity contribution in [3.8, 4) is 0 Å². The molecule has 1 saturated carbocycles. The molecule has 1 aromatic carbocycles. The van der Waals surface area contributed by atoms with Gasteiger partial charge in [-0.3, -0.25) is 4.99 Å². The molecule has 1 aromatic rings. The van der Waals surface area contributed by atoms with Crippen molar-refractivity contribution in [2.24, 2.45) is 10.9 Å². The van der Waals surface area contributed by atoms with E-state index in [9.17, 15) is 4.39 Å². The Kier molecular flexibility index (Phi) is 5.84. The summed E-state index contributed by atoms with van der Waals surface area (Å²) in [4.78, 5) is 4.19. The smallest absolute Gasteiger partial charge is 0.190 e. The second-order valence-corrected chi connectivity index (χ2v) is 5.39. The minimum absolute atomic E-state index is 0.176. The number of guanidine groups is 1. The van der Waals surface area contributed by atoms with E-state index in [0.29, 0.717) is 0 Å². The molecule has 20 heavy (non-hydrogen) atoms. The van der Waals surface area contributed by atoms with E-state index in [2.05, 4.69) is 15.6 Å². The predicted molar refractivity (Wildman–Crippen MR) is 81.4 cm³/mol. The van der Waals surface area contributed by atoms with Crippen molar-refractivity contribution in [1.29, 1.82) is 0 Å². The van der Waals surface area contributed by atoms with Gasteiger partial charge in [0.15, 0.2) is 5.96 Å². The van der Waals surface area contributed by atoms with Crippen molar-refractivity contribution in [1.82, 2.24) is 10.6 Å². The van der Waals surface area contributed by atoms with Gasteiger partial charge in [0.2, 0.25) is 0 Å². The van der Waals surface area contributed by atoms with Crippen LogP contribution in [0.4, 0.5) is 4.39 Å². The molecule has 0 spiro atoms. The van der Waals surface area contributed by atoms with Crippen LogP contribution < -0.4 is 10.6 Å². The first-order valence-corrected chi connectivity index (χ1v) is 7.47. The molecule has 110 valence electrons. The highest BCUT2D eigenvalue weighted by molar-refractivity contribution is 5.79. The Morgan fingerprint density at radius 2 is 2.10 bits per heavy atom. The standard InChI is InChI=1S/C16H24FN3/c1-18-16(19-10-3-5-13-7-8-13)20-11-9-14-4-2-6-15(17)12-14/h2,4,6,12-13H,3,5,7-11H2,1H3,(H2,18,19,20). The van der Waals surface area contributed by atoms with E-state index in [0.717, 1.165) is 37.0 Å². The Morgan fingerprint density at radius 3 is 2.80 bits per heavy atom. The molecule has 0 saturated heterocycles. The molecular formula is C16H24FN3. The lowest BCUT2D eigenvalue weighted by atomic mass is 10.1. The Balaban J connectivity index is 1.60. The van der Waals surface area contributed by atoms with Gasteiger partial charge in [-0.15, -0.1) is 0 Å². The molecule has 1 aliphatic rings. The minimum Gasteiger partial charge on any atom is -0.356 e. The monoisotopic (exact) mass is 277 g/mol. The van der Waals surface area contributed by atoms with Crippen molar-refractivity contribution < 1.29 is 4.39 Å². The second kappa shape index (κ2) is 7.88. The summed E-state index contributed by atoms with van der Waals surface area (Å²) in [5.41, 5.74) is 1.00. The summed E-state index contributed by atoms with van der Waals surface area (Å²) >= 11 is 0. The van der Waals surface area contributed by atoms with E-state index in [1.165, 1.54) is 31.7 Å². The summed E-state index contributed by atoms with van der Waals surface area (Å²) < 4.78 is 13.0. The molecule has 4 heteroatoms. The van der Waals surface area contributed by atoms with Gasteiger partial charge in [0.25, 0.3) is 0 Å². The molecule has 0 atom stereocenters. The molecule has 0 heterocycles. The van der Waals surface area contributed by atoms with Crippen molar-refractivity contribution in [3.05, 3.63) is 35.6 Å². The maximum absolute atomic E-state index is 13.0. The lowest BCUT2D eigenvalue weighted by Gasteiger charge is -2.11. The third-order valence-electron chi connectivity index (χ3n) is 3.60. The number of nitrogens with zero attached hydrogens (tertiary/aromatic N) is 1. The molecule has 0 aromatic heterocycles. The first-order chi connectivity index (χ1) is 9.78. The summed E-state index contributed by atoms with van der Waals surface area (Å²) in [6, 6.07) is 6.73. The van der Waals surface area contributed by atoms with Gasteiger partial charge in [0, 0.05) is 20.1 Å². The van der Waals surface area contributed by atoms with Gasteiger partial charge in [-0.05, 0) is 42.9 Å². The normalized spacial score (nSPS) is 15.2. The lowest BCUT2D eigenvalue weighted by Crippen LogP contribution is -2.38. The van der Waals surface area contributed by atoms with Crippen LogP contribution in [0.2, 0.25) is 0 Å². The van der Waals surface area contributed by atoms with Gasteiger partial charge < -0.3 is 10.6 Å². The van der Waals surface area contributed by atoms with Crippen molar-refractivity contribution in [2.45, 2.75) is 32.1 Å². The molecule has 0 aliphatic heterocycles.